The number of ether oxygens (including phenoxy) is 5. The zero-order chi connectivity index (χ0) is 19.8. The number of amides is 2. The van der Waals surface area contributed by atoms with E-state index in [1.165, 1.54) is 0 Å². The first-order valence-corrected chi connectivity index (χ1v) is 9.36. The van der Waals surface area contributed by atoms with Gasteiger partial charge in [-0.1, -0.05) is 5.10 Å². The van der Waals surface area contributed by atoms with Crippen LogP contribution >= 0.6 is 0 Å². The number of rotatable bonds is 5. The molecule has 3 aliphatic rings. The highest BCUT2D eigenvalue weighted by Crippen LogP contribution is 2.38. The van der Waals surface area contributed by atoms with Crippen LogP contribution in [0.2, 0.25) is 0 Å². The minimum absolute atomic E-state index is 0.182. The average Bonchev–Trinajstić information content (AvgIpc) is 3.47. The molecule has 5 rings (SSSR count). The number of urea groups is 1. The Morgan fingerprint density at radius 2 is 2.10 bits per heavy atom. The van der Waals surface area contributed by atoms with Crippen molar-refractivity contribution < 1.29 is 28.5 Å². The topological polar surface area (TPSA) is 131 Å². The van der Waals surface area contributed by atoms with Gasteiger partial charge in [-0.3, -0.25) is 0 Å². The van der Waals surface area contributed by atoms with Crippen LogP contribution in [0.3, 0.4) is 0 Å². The summed E-state index contributed by atoms with van der Waals surface area (Å²) in [6.07, 6.45) is -0.588. The highest BCUT2D eigenvalue weighted by molar-refractivity contribution is 5.74. The summed E-state index contributed by atoms with van der Waals surface area (Å²) in [5.41, 5.74) is 0. The molecule has 12 nitrogen and oxygen atoms in total. The number of nitrogens with zero attached hydrogens (tertiary/aromatic N) is 4. The number of hydrogen-bond donors (Lipinski definition) is 2. The van der Waals surface area contributed by atoms with E-state index in [2.05, 4.69) is 26.2 Å². The van der Waals surface area contributed by atoms with Gasteiger partial charge in [0.1, 0.15) is 24.0 Å². The Labute approximate surface area is 165 Å². The number of aromatic nitrogens is 4. The Morgan fingerprint density at radius 1 is 1.24 bits per heavy atom. The number of carbonyl (C=O) groups is 1. The number of tetrazole rings is 1. The molecule has 2 saturated heterocycles. The molecular weight excluding hydrogens is 384 g/mol. The standard InChI is InChI=1S/C17H20N6O6/c1-2-18-16(24)19-10-6-25-15-11(7-26-14(10)15)23-17(20-21-22-23)29-9-3-4-12-13(5-9)28-8-27-12/h3-5,10-11,14-15H,2,6-8H2,1H3,(H2,18,19,24)/t10-,11+,14-,15+/m1/s1. The van der Waals surface area contributed by atoms with Gasteiger partial charge in [-0.2, -0.15) is 4.68 Å². The van der Waals surface area contributed by atoms with Crippen LogP contribution in [0.4, 0.5) is 4.79 Å². The van der Waals surface area contributed by atoms with Gasteiger partial charge in [-0.25, -0.2) is 4.79 Å². The molecule has 2 fully saturated rings. The monoisotopic (exact) mass is 404 g/mol. The van der Waals surface area contributed by atoms with Gasteiger partial charge in [-0.15, -0.1) is 0 Å². The SMILES string of the molecule is CCNC(=O)N[C@@H]1CO[C@@H]2[C@@H]1OC[C@@H]2n1nnnc1Oc1ccc2c(c1)OCO2. The number of hydrogen-bond acceptors (Lipinski definition) is 9. The fourth-order valence-corrected chi connectivity index (χ4v) is 3.70. The lowest BCUT2D eigenvalue weighted by molar-refractivity contribution is 0.0613. The maximum atomic E-state index is 11.8. The van der Waals surface area contributed by atoms with Crippen LogP contribution in [0.15, 0.2) is 18.2 Å². The Hall–Kier alpha value is -3.12. The van der Waals surface area contributed by atoms with E-state index >= 15 is 0 Å². The summed E-state index contributed by atoms with van der Waals surface area (Å²) in [6.45, 7) is 3.27. The Morgan fingerprint density at radius 3 is 3.00 bits per heavy atom. The average molecular weight is 404 g/mol. The van der Waals surface area contributed by atoms with E-state index in [-0.39, 0.29) is 43.1 Å². The van der Waals surface area contributed by atoms with Crippen LogP contribution in [-0.4, -0.2) is 71.0 Å². The quantitative estimate of drug-likeness (QED) is 0.718. The summed E-state index contributed by atoms with van der Waals surface area (Å²) in [7, 11) is 0. The summed E-state index contributed by atoms with van der Waals surface area (Å²) in [4.78, 5) is 11.8. The van der Waals surface area contributed by atoms with E-state index in [9.17, 15) is 4.79 Å². The van der Waals surface area contributed by atoms with Crippen molar-refractivity contribution in [3.8, 4) is 23.3 Å². The first kappa shape index (κ1) is 17.9. The number of benzene rings is 1. The first-order valence-electron chi connectivity index (χ1n) is 9.36. The molecule has 1 aromatic heterocycles. The molecule has 4 heterocycles. The molecule has 1 aromatic carbocycles. The van der Waals surface area contributed by atoms with Crippen molar-refractivity contribution in [3.63, 3.8) is 0 Å². The van der Waals surface area contributed by atoms with Crippen LogP contribution in [0.1, 0.15) is 13.0 Å². The third-order valence-corrected chi connectivity index (χ3v) is 5.01. The number of carbonyl (C=O) groups excluding carboxylic acids is 1. The second-order valence-electron chi connectivity index (χ2n) is 6.80. The molecule has 3 aliphatic heterocycles. The highest BCUT2D eigenvalue weighted by atomic mass is 16.7. The minimum Gasteiger partial charge on any atom is -0.454 e. The van der Waals surface area contributed by atoms with Gasteiger partial charge in [0.25, 0.3) is 0 Å². The van der Waals surface area contributed by atoms with Gasteiger partial charge in [0.2, 0.25) is 6.79 Å². The smallest absolute Gasteiger partial charge is 0.341 e. The zero-order valence-electron chi connectivity index (χ0n) is 15.6. The second kappa shape index (κ2) is 7.37. The lowest BCUT2D eigenvalue weighted by atomic mass is 10.1. The zero-order valence-corrected chi connectivity index (χ0v) is 15.6. The third-order valence-electron chi connectivity index (χ3n) is 5.01. The maximum absolute atomic E-state index is 11.8. The molecule has 2 N–H and O–H groups in total. The summed E-state index contributed by atoms with van der Waals surface area (Å²) in [5.74, 6) is 1.78. The van der Waals surface area contributed by atoms with E-state index in [4.69, 9.17) is 23.7 Å². The van der Waals surface area contributed by atoms with E-state index in [1.807, 2.05) is 6.92 Å². The van der Waals surface area contributed by atoms with Crippen LogP contribution < -0.4 is 24.8 Å². The van der Waals surface area contributed by atoms with Crippen molar-refractivity contribution in [1.29, 1.82) is 0 Å². The van der Waals surface area contributed by atoms with Gasteiger partial charge < -0.3 is 34.3 Å². The van der Waals surface area contributed by atoms with Gasteiger partial charge >= 0.3 is 12.0 Å². The molecule has 0 saturated carbocycles. The normalized spacial score (nSPS) is 26.9. The van der Waals surface area contributed by atoms with E-state index in [1.54, 1.807) is 22.9 Å². The highest BCUT2D eigenvalue weighted by Gasteiger charge is 2.50. The van der Waals surface area contributed by atoms with Gasteiger partial charge in [0.05, 0.1) is 19.3 Å². The Kier molecular flexibility index (Phi) is 4.56. The molecular formula is C17H20N6O6. The molecule has 0 aliphatic carbocycles. The predicted molar refractivity (Wildman–Crippen MR) is 95.0 cm³/mol. The molecule has 2 aromatic rings. The van der Waals surface area contributed by atoms with Gasteiger partial charge in [0, 0.05) is 12.6 Å². The molecule has 0 unspecified atom stereocenters. The molecule has 4 atom stereocenters. The van der Waals surface area contributed by atoms with Gasteiger partial charge in [-0.05, 0) is 29.5 Å². The van der Waals surface area contributed by atoms with Crippen molar-refractivity contribution in [1.82, 2.24) is 30.8 Å². The Bertz CT molecular complexity index is 906. The molecule has 0 radical (unpaired) electrons. The number of nitrogens with one attached hydrogen (secondary N) is 2. The summed E-state index contributed by atoms with van der Waals surface area (Å²) < 4.78 is 29.9. The first-order chi connectivity index (χ1) is 14.2. The largest absolute Gasteiger partial charge is 0.454 e. The van der Waals surface area contributed by atoms with Crippen molar-refractivity contribution >= 4 is 6.03 Å². The van der Waals surface area contributed by atoms with Crippen LogP contribution in [0.5, 0.6) is 23.3 Å². The second-order valence-corrected chi connectivity index (χ2v) is 6.80. The summed E-state index contributed by atoms with van der Waals surface area (Å²) >= 11 is 0. The fourth-order valence-electron chi connectivity index (χ4n) is 3.70. The van der Waals surface area contributed by atoms with Crippen molar-refractivity contribution in [2.24, 2.45) is 0 Å². The lowest BCUT2D eigenvalue weighted by Gasteiger charge is -2.18. The molecule has 0 spiro atoms. The summed E-state index contributed by atoms with van der Waals surface area (Å²) in [6, 6.07) is 4.67. The van der Waals surface area contributed by atoms with Crippen LogP contribution in [0, 0.1) is 0 Å². The van der Waals surface area contributed by atoms with Gasteiger partial charge in [0.15, 0.2) is 11.5 Å². The molecule has 2 amide bonds. The summed E-state index contributed by atoms with van der Waals surface area (Å²) in [5, 5.41) is 17.3. The molecule has 0 bridgehead atoms. The van der Waals surface area contributed by atoms with Crippen molar-refractivity contribution in [2.75, 3.05) is 26.6 Å². The van der Waals surface area contributed by atoms with Crippen molar-refractivity contribution in [3.05, 3.63) is 18.2 Å². The third kappa shape index (κ3) is 3.29. The lowest BCUT2D eigenvalue weighted by Crippen LogP contribution is -2.48. The maximum Gasteiger partial charge on any atom is 0.341 e. The van der Waals surface area contributed by atoms with Crippen molar-refractivity contribution in [2.45, 2.75) is 31.2 Å². The molecule has 29 heavy (non-hydrogen) atoms. The minimum atomic E-state index is -0.301. The Balaban J connectivity index is 1.29. The predicted octanol–water partition coefficient (Wildman–Crippen LogP) is 0.220. The fraction of sp³-hybridized carbons (Fsp3) is 0.529. The van der Waals surface area contributed by atoms with E-state index < -0.39 is 0 Å². The van der Waals surface area contributed by atoms with E-state index in [0.717, 1.165) is 0 Å². The number of fused-ring (bicyclic) bond motifs is 2. The van der Waals surface area contributed by atoms with E-state index in [0.29, 0.717) is 37.0 Å². The molecule has 154 valence electrons. The molecule has 12 heteroatoms. The van der Waals surface area contributed by atoms with Crippen LogP contribution in [-0.2, 0) is 9.47 Å². The van der Waals surface area contributed by atoms with Crippen LogP contribution in [0.25, 0.3) is 0 Å².